The number of hydrogen-bond donors (Lipinski definition) is 3. The van der Waals surface area contributed by atoms with Gasteiger partial charge in [0.25, 0.3) is 5.91 Å². The number of amides is 5. The summed E-state index contributed by atoms with van der Waals surface area (Å²) in [6.45, 7) is 1.03. The van der Waals surface area contributed by atoms with Crippen molar-refractivity contribution in [2.45, 2.75) is 99.6 Å². The maximum atomic E-state index is 14.8. The molecule has 5 atom stereocenters. The second-order valence-corrected chi connectivity index (χ2v) is 18.2. The average molecular weight is 827 g/mol. The van der Waals surface area contributed by atoms with Crippen molar-refractivity contribution in [1.29, 1.82) is 0 Å². The van der Waals surface area contributed by atoms with E-state index in [0.717, 1.165) is 24.8 Å². The minimum Gasteiger partial charge on any atom is -0.497 e. The molecule has 16 heteroatoms. The summed E-state index contributed by atoms with van der Waals surface area (Å²) < 4.78 is 40.3. The first kappa shape index (κ1) is 40.3. The molecule has 0 unspecified atom stereocenters. The Morgan fingerprint density at radius 1 is 1.00 bits per heavy atom. The second-order valence-electron chi connectivity index (χ2n) is 16.3. The Bertz CT molecular complexity index is 2280. The first-order valence-electron chi connectivity index (χ1n) is 20.6. The summed E-state index contributed by atoms with van der Waals surface area (Å²) in [6.07, 6.45) is 7.28. The van der Waals surface area contributed by atoms with Crippen LogP contribution < -0.4 is 24.8 Å². The highest BCUT2D eigenvalue weighted by Crippen LogP contribution is 2.46. The third-order valence-corrected chi connectivity index (χ3v) is 13.8. The molecular formula is C43H50N6O9S. The Morgan fingerprint density at radius 3 is 2.53 bits per heavy atom. The highest BCUT2D eigenvalue weighted by atomic mass is 32.2. The topological polar surface area (TPSA) is 193 Å². The SMILES string of the molecule is COc1ccc2c(O[C@@H]3C[C@H]4C(=O)N[C@]5(C(=O)NS(=O)(=O)C6CC6)C[C@H]5/C=C\CCCC(=O)N[C@@H](CC(=O)N5CCCCC5)C(=O)N4C3)cc(-c3ccccc3)nc2c1. The minimum absolute atomic E-state index is 0.00245. The lowest BCUT2D eigenvalue weighted by atomic mass is 10.1. The van der Waals surface area contributed by atoms with E-state index in [1.165, 1.54) is 4.90 Å². The number of hydrogen-bond acceptors (Lipinski definition) is 10. The number of benzene rings is 2. The van der Waals surface area contributed by atoms with Gasteiger partial charge in [-0.2, -0.15) is 0 Å². The van der Waals surface area contributed by atoms with Crippen molar-refractivity contribution < 1.29 is 41.9 Å². The Kier molecular flexibility index (Phi) is 11.3. The number of carbonyl (C=O) groups is 5. The minimum atomic E-state index is -3.93. The van der Waals surface area contributed by atoms with Crippen molar-refractivity contribution in [2.24, 2.45) is 5.92 Å². The third-order valence-electron chi connectivity index (χ3n) is 12.0. The standard InChI is InChI=1S/C43H50N6O9S/c1-57-29-15-18-32-34(21-29)44-33(27-11-5-2-6-12-27)23-37(32)58-30-22-36-40(52)46-43(42(54)47-59(55,56)31-16-17-31)25-28(43)13-7-3-8-14-38(50)45-35(41(53)49(36)26-30)24-39(51)48-19-9-4-10-20-48/h2,5-7,11-13,15,18,21,23,28,30-31,35-36H,3-4,8-10,14,16-17,19-20,22,24-26H2,1H3,(H,45,50)(H,46,52)(H,47,54)/b13-7-/t28-,30-,35+,36+,43-/m1/s1. The summed E-state index contributed by atoms with van der Waals surface area (Å²) in [7, 11) is -2.37. The van der Waals surface area contributed by atoms with Gasteiger partial charge in [-0.15, -0.1) is 0 Å². The molecule has 0 spiro atoms. The number of piperidine rings is 1. The summed E-state index contributed by atoms with van der Waals surface area (Å²) in [4.78, 5) is 78.1. The highest BCUT2D eigenvalue weighted by molar-refractivity contribution is 7.91. The number of nitrogens with one attached hydrogen (secondary N) is 3. The molecule has 0 bridgehead atoms. The first-order chi connectivity index (χ1) is 28.4. The summed E-state index contributed by atoms with van der Waals surface area (Å²) in [5.41, 5.74) is 0.506. The molecular weight excluding hydrogens is 777 g/mol. The predicted molar refractivity (Wildman–Crippen MR) is 217 cm³/mol. The second kappa shape index (κ2) is 16.6. The maximum Gasteiger partial charge on any atom is 0.259 e. The van der Waals surface area contributed by atoms with Gasteiger partial charge in [0, 0.05) is 54.9 Å². The Balaban J connectivity index is 1.14. The molecule has 1 aromatic heterocycles. The Labute approximate surface area is 343 Å². The number of sulfonamides is 1. The average Bonchev–Trinajstić information content (AvgIpc) is 4.17. The maximum absolute atomic E-state index is 14.8. The fourth-order valence-corrected chi connectivity index (χ4v) is 9.80. The largest absolute Gasteiger partial charge is 0.497 e. The van der Waals surface area contributed by atoms with Gasteiger partial charge in [0.1, 0.15) is 35.2 Å². The van der Waals surface area contributed by atoms with Crippen molar-refractivity contribution in [1.82, 2.24) is 30.1 Å². The van der Waals surface area contributed by atoms with Crippen molar-refractivity contribution in [3.05, 3.63) is 66.7 Å². The number of methoxy groups -OCH3 is 1. The Morgan fingerprint density at radius 2 is 1.78 bits per heavy atom. The molecule has 15 nitrogen and oxygen atoms in total. The molecule has 4 fully saturated rings. The molecule has 3 aromatic rings. The van der Waals surface area contributed by atoms with Crippen molar-refractivity contribution in [2.75, 3.05) is 26.7 Å². The van der Waals surface area contributed by atoms with Crippen LogP contribution in [0, 0.1) is 5.92 Å². The number of aromatic nitrogens is 1. The normalized spacial score (nSPS) is 27.0. The molecule has 312 valence electrons. The number of likely N-dealkylation sites (tertiary alicyclic amines) is 1. The molecule has 2 saturated carbocycles. The van der Waals surface area contributed by atoms with Crippen LogP contribution in [0.25, 0.3) is 22.2 Å². The molecule has 8 rings (SSSR count). The molecule has 2 aliphatic carbocycles. The number of ether oxygens (including phenoxy) is 2. The quantitative estimate of drug-likeness (QED) is 0.270. The third kappa shape index (κ3) is 8.77. The van der Waals surface area contributed by atoms with E-state index in [1.807, 2.05) is 48.5 Å². The zero-order chi connectivity index (χ0) is 41.3. The van der Waals surface area contributed by atoms with Gasteiger partial charge in [0.15, 0.2) is 0 Å². The molecule has 2 aromatic carbocycles. The van der Waals surface area contributed by atoms with E-state index in [4.69, 9.17) is 14.5 Å². The van der Waals surface area contributed by atoms with Crippen LogP contribution in [0.3, 0.4) is 0 Å². The Hall–Kier alpha value is -5.51. The van der Waals surface area contributed by atoms with Gasteiger partial charge in [-0.1, -0.05) is 42.5 Å². The molecule has 0 radical (unpaired) electrons. The fourth-order valence-electron chi connectivity index (χ4n) is 8.43. The number of rotatable bonds is 9. The molecule has 3 N–H and O–H groups in total. The van der Waals surface area contributed by atoms with Crippen molar-refractivity contribution in [3.63, 3.8) is 0 Å². The monoisotopic (exact) mass is 826 g/mol. The molecule has 4 heterocycles. The van der Waals surface area contributed by atoms with Gasteiger partial charge < -0.3 is 29.9 Å². The number of pyridine rings is 1. The van der Waals surface area contributed by atoms with Crippen LogP contribution in [0.15, 0.2) is 66.7 Å². The van der Waals surface area contributed by atoms with Crippen LogP contribution >= 0.6 is 0 Å². The van der Waals surface area contributed by atoms with E-state index in [0.29, 0.717) is 66.9 Å². The van der Waals surface area contributed by atoms with Gasteiger partial charge in [-0.3, -0.25) is 28.7 Å². The van der Waals surface area contributed by atoms with Gasteiger partial charge >= 0.3 is 0 Å². The highest BCUT2D eigenvalue weighted by Gasteiger charge is 2.62. The van der Waals surface area contributed by atoms with E-state index in [-0.39, 0.29) is 38.1 Å². The molecule has 5 amide bonds. The first-order valence-corrected chi connectivity index (χ1v) is 22.1. The van der Waals surface area contributed by atoms with E-state index in [1.54, 1.807) is 30.2 Å². The summed E-state index contributed by atoms with van der Waals surface area (Å²) in [5.74, 6) is -2.25. The number of fused-ring (bicyclic) bond motifs is 3. The van der Waals surface area contributed by atoms with E-state index < -0.39 is 68.5 Å². The van der Waals surface area contributed by atoms with Gasteiger partial charge in [0.2, 0.25) is 33.7 Å². The zero-order valence-corrected chi connectivity index (χ0v) is 33.9. The van der Waals surface area contributed by atoms with Crippen molar-refractivity contribution >= 4 is 50.5 Å². The van der Waals surface area contributed by atoms with Crippen LogP contribution in [-0.4, -0.2) is 108 Å². The predicted octanol–water partition coefficient (Wildman–Crippen LogP) is 3.37. The molecule has 59 heavy (non-hydrogen) atoms. The van der Waals surface area contributed by atoms with E-state index in [2.05, 4.69) is 15.4 Å². The van der Waals surface area contributed by atoms with Gasteiger partial charge in [0.05, 0.1) is 36.5 Å². The van der Waals surface area contributed by atoms with E-state index >= 15 is 0 Å². The van der Waals surface area contributed by atoms with Crippen LogP contribution in [0.4, 0.5) is 0 Å². The molecule has 3 aliphatic heterocycles. The molecule has 2 saturated heterocycles. The summed E-state index contributed by atoms with van der Waals surface area (Å²) in [6, 6.07) is 14.3. The lowest BCUT2D eigenvalue weighted by Crippen LogP contribution is -2.58. The lowest BCUT2D eigenvalue weighted by Gasteiger charge is -2.31. The van der Waals surface area contributed by atoms with Gasteiger partial charge in [-0.25, -0.2) is 13.4 Å². The van der Waals surface area contributed by atoms with Crippen molar-refractivity contribution in [3.8, 4) is 22.8 Å². The number of carbonyl (C=O) groups excluding carboxylic acids is 5. The number of allylic oxidation sites excluding steroid dienone is 1. The lowest BCUT2D eigenvalue weighted by molar-refractivity contribution is -0.144. The zero-order valence-electron chi connectivity index (χ0n) is 33.1. The number of nitrogens with zero attached hydrogens (tertiary/aromatic N) is 3. The van der Waals surface area contributed by atoms with Crippen LogP contribution in [0.1, 0.15) is 70.6 Å². The van der Waals surface area contributed by atoms with Gasteiger partial charge in [-0.05, 0) is 63.5 Å². The fraction of sp³-hybridized carbons (Fsp3) is 0.488. The van der Waals surface area contributed by atoms with Crippen LogP contribution in [-0.2, 0) is 34.0 Å². The molecule has 5 aliphatic rings. The van der Waals surface area contributed by atoms with E-state index in [9.17, 15) is 32.4 Å². The van der Waals surface area contributed by atoms with Crippen LogP contribution in [0.5, 0.6) is 11.5 Å². The summed E-state index contributed by atoms with van der Waals surface area (Å²) >= 11 is 0. The summed E-state index contributed by atoms with van der Waals surface area (Å²) in [5, 5.41) is 5.71. The smallest absolute Gasteiger partial charge is 0.259 e. The van der Waals surface area contributed by atoms with Crippen LogP contribution in [0.2, 0.25) is 0 Å².